The Morgan fingerprint density at radius 3 is 1.75 bits per heavy atom. The minimum absolute atomic E-state index is 0.623. The monoisotopic (exact) mass is 412 g/mol. The second-order valence-electron chi connectivity index (χ2n) is 7.84. The Labute approximate surface area is 185 Å². The maximum absolute atomic E-state index is 4.95. The molecule has 4 aromatic carbocycles. The van der Waals surface area contributed by atoms with E-state index in [9.17, 15) is 0 Å². The van der Waals surface area contributed by atoms with Crippen LogP contribution in [0.2, 0.25) is 0 Å². The van der Waals surface area contributed by atoms with Crippen molar-refractivity contribution in [1.29, 1.82) is 0 Å². The van der Waals surface area contributed by atoms with Crippen LogP contribution in [-0.2, 0) is 0 Å². The molecule has 0 N–H and O–H groups in total. The highest BCUT2D eigenvalue weighted by molar-refractivity contribution is 6.10. The number of fused-ring (bicyclic) bond motifs is 3. The highest BCUT2D eigenvalue weighted by Gasteiger charge is 2.18. The maximum atomic E-state index is 4.95. The number of benzene rings is 4. The predicted octanol–water partition coefficient (Wildman–Crippen LogP) is 6.61. The molecule has 0 aliphatic heterocycles. The largest absolute Gasteiger partial charge is 0.278 e. The van der Waals surface area contributed by atoms with Gasteiger partial charge in [0.2, 0.25) is 5.95 Å². The summed E-state index contributed by atoms with van der Waals surface area (Å²) in [5, 5.41) is 2.39. The molecular formula is C28H20N4. The van der Waals surface area contributed by atoms with Gasteiger partial charge in [-0.3, -0.25) is 4.57 Å². The second kappa shape index (κ2) is 7.43. The first kappa shape index (κ1) is 18.5. The fraction of sp³-hybridized carbons (Fsp3) is 0.0357. The number of nitrogens with zero attached hydrogens (tertiary/aromatic N) is 4. The topological polar surface area (TPSA) is 43.6 Å². The molecule has 0 aliphatic carbocycles. The Bertz CT molecular complexity index is 1510. The van der Waals surface area contributed by atoms with Gasteiger partial charge in [-0.05, 0) is 18.6 Å². The highest BCUT2D eigenvalue weighted by atomic mass is 15.2. The minimum Gasteiger partial charge on any atom is -0.278 e. The third-order valence-corrected chi connectivity index (χ3v) is 5.78. The molecule has 152 valence electrons. The molecule has 2 aromatic heterocycles. The van der Waals surface area contributed by atoms with Crippen molar-refractivity contribution >= 4 is 21.8 Å². The number of para-hydroxylation sites is 2. The summed E-state index contributed by atoms with van der Waals surface area (Å²) in [6.45, 7) is 2.13. The Balaban J connectivity index is 1.72. The van der Waals surface area contributed by atoms with E-state index < -0.39 is 0 Å². The van der Waals surface area contributed by atoms with Crippen LogP contribution >= 0.6 is 0 Å². The Morgan fingerprint density at radius 2 is 1.09 bits per heavy atom. The van der Waals surface area contributed by atoms with Crippen LogP contribution in [0.5, 0.6) is 0 Å². The minimum atomic E-state index is 0.623. The molecule has 4 nitrogen and oxygen atoms in total. The SMILES string of the molecule is Cc1cccc2c3ccccc3n(-c3nc(-c4ccccc4)nc(-c4ccccc4)n3)c12. The molecule has 32 heavy (non-hydrogen) atoms. The zero-order chi connectivity index (χ0) is 21.5. The molecule has 0 saturated heterocycles. The van der Waals surface area contributed by atoms with Crippen LogP contribution in [0.4, 0.5) is 0 Å². The van der Waals surface area contributed by atoms with Gasteiger partial charge in [-0.2, -0.15) is 9.97 Å². The summed E-state index contributed by atoms with van der Waals surface area (Å²) in [6.07, 6.45) is 0. The fourth-order valence-corrected chi connectivity index (χ4v) is 4.30. The lowest BCUT2D eigenvalue weighted by Crippen LogP contribution is -2.06. The Morgan fingerprint density at radius 1 is 0.531 bits per heavy atom. The van der Waals surface area contributed by atoms with Crippen LogP contribution in [0.3, 0.4) is 0 Å². The molecule has 0 radical (unpaired) electrons. The third kappa shape index (κ3) is 2.96. The van der Waals surface area contributed by atoms with Gasteiger partial charge in [-0.25, -0.2) is 4.98 Å². The van der Waals surface area contributed by atoms with Crippen LogP contribution in [-0.4, -0.2) is 19.5 Å². The van der Waals surface area contributed by atoms with Gasteiger partial charge < -0.3 is 0 Å². The number of hydrogen-bond donors (Lipinski definition) is 0. The van der Waals surface area contributed by atoms with E-state index in [0.29, 0.717) is 17.6 Å². The second-order valence-corrected chi connectivity index (χ2v) is 7.84. The summed E-state index contributed by atoms with van der Waals surface area (Å²) >= 11 is 0. The number of aromatic nitrogens is 4. The van der Waals surface area contributed by atoms with Gasteiger partial charge >= 0.3 is 0 Å². The standard InChI is InChI=1S/C28H20N4/c1-19-11-10-17-23-22-16-8-9-18-24(22)32(25(19)23)28-30-26(20-12-4-2-5-13-20)29-27(31-28)21-14-6-3-7-15-21/h2-18H,1H3. The van der Waals surface area contributed by atoms with Crippen LogP contribution in [0.15, 0.2) is 103 Å². The third-order valence-electron chi connectivity index (χ3n) is 5.78. The zero-order valence-electron chi connectivity index (χ0n) is 17.6. The maximum Gasteiger partial charge on any atom is 0.238 e. The van der Waals surface area contributed by atoms with E-state index in [1.165, 1.54) is 16.3 Å². The summed E-state index contributed by atoms with van der Waals surface area (Å²) in [6, 6.07) is 35.0. The van der Waals surface area contributed by atoms with Crippen molar-refractivity contribution in [2.24, 2.45) is 0 Å². The molecule has 6 aromatic rings. The molecule has 0 aliphatic rings. The molecule has 0 fully saturated rings. The van der Waals surface area contributed by atoms with Crippen molar-refractivity contribution in [3.8, 4) is 28.7 Å². The zero-order valence-corrected chi connectivity index (χ0v) is 17.6. The first-order valence-corrected chi connectivity index (χ1v) is 10.7. The summed E-state index contributed by atoms with van der Waals surface area (Å²) in [5.74, 6) is 1.95. The molecule has 6 rings (SSSR count). The molecule has 0 saturated carbocycles. The average Bonchev–Trinajstić information content (AvgIpc) is 3.21. The lowest BCUT2D eigenvalue weighted by atomic mass is 10.1. The van der Waals surface area contributed by atoms with Crippen molar-refractivity contribution in [1.82, 2.24) is 19.5 Å². The lowest BCUT2D eigenvalue weighted by molar-refractivity contribution is 0.951. The molecule has 2 heterocycles. The molecule has 0 bridgehead atoms. The van der Waals surface area contributed by atoms with E-state index in [-0.39, 0.29) is 0 Å². The van der Waals surface area contributed by atoms with Gasteiger partial charge in [0.25, 0.3) is 0 Å². The number of aryl methyl sites for hydroxylation is 1. The van der Waals surface area contributed by atoms with E-state index in [0.717, 1.165) is 22.2 Å². The number of hydrogen-bond acceptors (Lipinski definition) is 3. The molecule has 4 heteroatoms. The van der Waals surface area contributed by atoms with Gasteiger partial charge in [-0.15, -0.1) is 0 Å². The van der Waals surface area contributed by atoms with Crippen LogP contribution < -0.4 is 0 Å². The van der Waals surface area contributed by atoms with Gasteiger partial charge in [0.15, 0.2) is 11.6 Å². The molecule has 0 atom stereocenters. The lowest BCUT2D eigenvalue weighted by Gasteiger charge is -2.11. The van der Waals surface area contributed by atoms with E-state index in [2.05, 4.69) is 54.0 Å². The first-order valence-electron chi connectivity index (χ1n) is 10.7. The molecule has 0 unspecified atom stereocenters. The van der Waals surface area contributed by atoms with Crippen LogP contribution in [0.1, 0.15) is 5.56 Å². The van der Waals surface area contributed by atoms with Gasteiger partial charge in [0, 0.05) is 21.9 Å². The average molecular weight is 412 g/mol. The summed E-state index contributed by atoms with van der Waals surface area (Å²) in [5.41, 5.74) is 5.32. The highest BCUT2D eigenvalue weighted by Crippen LogP contribution is 2.33. The molecule has 0 spiro atoms. The van der Waals surface area contributed by atoms with E-state index in [1.54, 1.807) is 0 Å². The molecular weight excluding hydrogens is 392 g/mol. The Hall–Kier alpha value is -4.31. The number of rotatable bonds is 3. The Kier molecular flexibility index (Phi) is 4.29. The van der Waals surface area contributed by atoms with Crippen LogP contribution in [0.25, 0.3) is 50.5 Å². The van der Waals surface area contributed by atoms with Gasteiger partial charge in [0.05, 0.1) is 11.0 Å². The van der Waals surface area contributed by atoms with E-state index >= 15 is 0 Å². The van der Waals surface area contributed by atoms with Crippen molar-refractivity contribution < 1.29 is 0 Å². The summed E-state index contributed by atoms with van der Waals surface area (Å²) in [4.78, 5) is 14.7. The van der Waals surface area contributed by atoms with Crippen LogP contribution in [0, 0.1) is 6.92 Å². The van der Waals surface area contributed by atoms with Gasteiger partial charge in [0.1, 0.15) is 0 Å². The first-order chi connectivity index (χ1) is 15.8. The normalized spacial score (nSPS) is 11.3. The van der Waals surface area contributed by atoms with Crippen molar-refractivity contribution in [3.05, 3.63) is 109 Å². The smallest absolute Gasteiger partial charge is 0.238 e. The fourth-order valence-electron chi connectivity index (χ4n) is 4.30. The van der Waals surface area contributed by atoms with Gasteiger partial charge in [-0.1, -0.05) is 97.1 Å². The van der Waals surface area contributed by atoms with E-state index in [1.807, 2.05) is 60.7 Å². The van der Waals surface area contributed by atoms with Crippen molar-refractivity contribution in [2.45, 2.75) is 6.92 Å². The summed E-state index contributed by atoms with van der Waals surface area (Å²) in [7, 11) is 0. The molecule has 0 amide bonds. The quantitative estimate of drug-likeness (QED) is 0.328. The van der Waals surface area contributed by atoms with Crippen molar-refractivity contribution in [3.63, 3.8) is 0 Å². The predicted molar refractivity (Wildman–Crippen MR) is 130 cm³/mol. The summed E-state index contributed by atoms with van der Waals surface area (Å²) < 4.78 is 2.17. The van der Waals surface area contributed by atoms with E-state index in [4.69, 9.17) is 15.0 Å². The van der Waals surface area contributed by atoms with Crippen molar-refractivity contribution in [2.75, 3.05) is 0 Å².